The highest BCUT2D eigenvalue weighted by molar-refractivity contribution is 14.0. The fraction of sp³-hybridized carbons (Fsp3) is 0.667. The first-order valence-electron chi connectivity index (χ1n) is 10.4. The summed E-state index contributed by atoms with van der Waals surface area (Å²) in [7, 11) is 3.28. The van der Waals surface area contributed by atoms with Gasteiger partial charge in [0.2, 0.25) is 0 Å². The molecule has 1 unspecified atom stereocenters. The molecule has 1 saturated heterocycles. The molecule has 0 radical (unpaired) electrons. The molecular weight excluding hydrogens is 524 g/mol. The maximum atomic E-state index is 12.2. The van der Waals surface area contributed by atoms with E-state index < -0.39 is 12.6 Å². The third kappa shape index (κ3) is 10.6. The SMILES string of the molecule is CCNC(=NCCCCC(F)(F)F)NC1CCN(Cc2cc(OC)cc(OC)c2)C1.I. The molecule has 10 heteroatoms. The number of hydrogen-bond acceptors (Lipinski definition) is 4. The normalized spacial score (nSPS) is 17.2. The van der Waals surface area contributed by atoms with E-state index in [0.29, 0.717) is 25.5 Å². The molecule has 2 rings (SSSR count). The Morgan fingerprint density at radius 2 is 1.84 bits per heavy atom. The van der Waals surface area contributed by atoms with Gasteiger partial charge in [-0.05, 0) is 43.9 Å². The Morgan fingerprint density at radius 3 is 2.42 bits per heavy atom. The van der Waals surface area contributed by atoms with E-state index in [1.165, 1.54) is 0 Å². The summed E-state index contributed by atoms with van der Waals surface area (Å²) in [5.74, 6) is 2.20. The van der Waals surface area contributed by atoms with E-state index in [1.807, 2.05) is 25.1 Å². The van der Waals surface area contributed by atoms with Crippen LogP contribution < -0.4 is 20.1 Å². The van der Waals surface area contributed by atoms with Gasteiger partial charge in [0, 0.05) is 51.3 Å². The van der Waals surface area contributed by atoms with Crippen LogP contribution in [0.5, 0.6) is 11.5 Å². The Morgan fingerprint density at radius 1 is 1.16 bits per heavy atom. The van der Waals surface area contributed by atoms with Gasteiger partial charge in [0.1, 0.15) is 11.5 Å². The van der Waals surface area contributed by atoms with E-state index >= 15 is 0 Å². The molecule has 0 amide bonds. The van der Waals surface area contributed by atoms with Gasteiger partial charge < -0.3 is 20.1 Å². The number of guanidine groups is 1. The molecule has 1 aromatic rings. The van der Waals surface area contributed by atoms with Crippen LogP contribution in [0.2, 0.25) is 0 Å². The topological polar surface area (TPSA) is 58.1 Å². The summed E-state index contributed by atoms with van der Waals surface area (Å²) >= 11 is 0. The summed E-state index contributed by atoms with van der Waals surface area (Å²) in [5, 5.41) is 6.59. The fourth-order valence-electron chi connectivity index (χ4n) is 3.45. The van der Waals surface area contributed by atoms with Crippen LogP contribution in [0.3, 0.4) is 0 Å². The van der Waals surface area contributed by atoms with Gasteiger partial charge in [-0.15, -0.1) is 24.0 Å². The van der Waals surface area contributed by atoms with Crippen molar-refractivity contribution in [2.75, 3.05) is 40.4 Å². The van der Waals surface area contributed by atoms with Crippen molar-refractivity contribution in [2.24, 2.45) is 4.99 Å². The maximum Gasteiger partial charge on any atom is 0.389 e. The van der Waals surface area contributed by atoms with Gasteiger partial charge in [-0.1, -0.05) is 0 Å². The van der Waals surface area contributed by atoms with Gasteiger partial charge in [-0.2, -0.15) is 13.2 Å². The number of hydrogen-bond donors (Lipinski definition) is 2. The van der Waals surface area contributed by atoms with Crippen LogP contribution in [0.1, 0.15) is 38.2 Å². The molecule has 0 aliphatic carbocycles. The van der Waals surface area contributed by atoms with Crippen molar-refractivity contribution < 1.29 is 22.6 Å². The largest absolute Gasteiger partial charge is 0.497 e. The average molecular weight is 558 g/mol. The number of ether oxygens (including phenoxy) is 2. The van der Waals surface area contributed by atoms with Crippen molar-refractivity contribution >= 4 is 29.9 Å². The molecule has 1 fully saturated rings. The zero-order chi connectivity index (χ0) is 22.0. The lowest BCUT2D eigenvalue weighted by Gasteiger charge is -2.19. The molecule has 1 atom stereocenters. The van der Waals surface area contributed by atoms with Gasteiger partial charge >= 0.3 is 6.18 Å². The molecule has 0 saturated carbocycles. The maximum absolute atomic E-state index is 12.2. The lowest BCUT2D eigenvalue weighted by molar-refractivity contribution is -0.135. The first kappa shape index (κ1) is 27.6. The highest BCUT2D eigenvalue weighted by atomic mass is 127. The molecule has 2 N–H and O–H groups in total. The minimum atomic E-state index is -4.09. The van der Waals surface area contributed by atoms with Gasteiger partial charge in [0.15, 0.2) is 5.96 Å². The smallest absolute Gasteiger partial charge is 0.389 e. The number of benzene rings is 1. The van der Waals surface area contributed by atoms with Crippen molar-refractivity contribution in [1.82, 2.24) is 15.5 Å². The Labute approximate surface area is 200 Å². The zero-order valence-corrected chi connectivity index (χ0v) is 20.8. The van der Waals surface area contributed by atoms with Crippen molar-refractivity contribution in [3.63, 3.8) is 0 Å². The number of rotatable bonds is 10. The number of halogens is 4. The van der Waals surface area contributed by atoms with E-state index in [1.54, 1.807) is 14.2 Å². The Hall–Kier alpha value is -1.43. The van der Waals surface area contributed by atoms with E-state index in [-0.39, 0.29) is 36.4 Å². The molecule has 1 aliphatic rings. The molecule has 0 aromatic heterocycles. The van der Waals surface area contributed by atoms with Crippen LogP contribution in [0.15, 0.2) is 23.2 Å². The Kier molecular flexibility index (Phi) is 12.3. The number of nitrogens with zero attached hydrogens (tertiary/aromatic N) is 2. The molecule has 0 spiro atoms. The lowest BCUT2D eigenvalue weighted by Crippen LogP contribution is -2.44. The second-order valence-electron chi connectivity index (χ2n) is 7.42. The lowest BCUT2D eigenvalue weighted by atomic mass is 10.2. The molecular formula is C21H34F3IN4O2. The molecule has 1 aromatic carbocycles. The Balaban J connectivity index is 0.00000480. The van der Waals surface area contributed by atoms with Gasteiger partial charge in [-0.3, -0.25) is 9.89 Å². The third-order valence-corrected chi connectivity index (χ3v) is 4.91. The number of nitrogens with one attached hydrogen (secondary N) is 2. The van der Waals surface area contributed by atoms with Crippen molar-refractivity contribution in [3.05, 3.63) is 23.8 Å². The standard InChI is InChI=1S/C21H33F3N4O2.HI/c1-4-25-20(26-9-6-5-8-21(22,23)24)27-17-7-10-28(15-17)14-16-11-18(29-2)13-19(12-16)30-3;/h11-13,17H,4-10,14-15H2,1-3H3,(H2,25,26,27);1H. The summed E-state index contributed by atoms with van der Waals surface area (Å²) in [6, 6.07) is 6.11. The molecule has 1 heterocycles. The van der Waals surface area contributed by atoms with E-state index in [4.69, 9.17) is 9.47 Å². The van der Waals surface area contributed by atoms with Crippen LogP contribution in [0, 0.1) is 0 Å². The summed E-state index contributed by atoms with van der Waals surface area (Å²) in [5.41, 5.74) is 1.12. The number of alkyl halides is 3. The van der Waals surface area contributed by atoms with Gasteiger partial charge in [0.25, 0.3) is 0 Å². The molecule has 1 aliphatic heterocycles. The quantitative estimate of drug-likeness (QED) is 0.195. The van der Waals surface area contributed by atoms with Gasteiger partial charge in [-0.25, -0.2) is 0 Å². The van der Waals surface area contributed by atoms with E-state index in [9.17, 15) is 13.2 Å². The molecule has 31 heavy (non-hydrogen) atoms. The van der Waals surface area contributed by atoms with E-state index in [0.717, 1.165) is 43.1 Å². The minimum absolute atomic E-state index is 0. The summed E-state index contributed by atoms with van der Waals surface area (Å²) < 4.78 is 47.4. The van der Waals surface area contributed by atoms with Crippen LogP contribution in [-0.4, -0.2) is 63.5 Å². The van der Waals surface area contributed by atoms with Crippen LogP contribution >= 0.6 is 24.0 Å². The highest BCUT2D eigenvalue weighted by Gasteiger charge is 2.26. The van der Waals surface area contributed by atoms with Gasteiger partial charge in [0.05, 0.1) is 14.2 Å². The van der Waals surface area contributed by atoms with Crippen molar-refractivity contribution in [2.45, 2.75) is 51.4 Å². The fourth-order valence-corrected chi connectivity index (χ4v) is 3.45. The first-order valence-corrected chi connectivity index (χ1v) is 10.4. The van der Waals surface area contributed by atoms with E-state index in [2.05, 4.69) is 20.5 Å². The van der Waals surface area contributed by atoms with Crippen LogP contribution in [0.25, 0.3) is 0 Å². The second-order valence-corrected chi connectivity index (χ2v) is 7.42. The predicted octanol–water partition coefficient (Wildman–Crippen LogP) is 4.18. The number of aliphatic imine (C=N–C) groups is 1. The average Bonchev–Trinajstić information content (AvgIpc) is 3.13. The van der Waals surface area contributed by atoms with Crippen molar-refractivity contribution in [3.8, 4) is 11.5 Å². The van der Waals surface area contributed by atoms with Crippen molar-refractivity contribution in [1.29, 1.82) is 0 Å². The molecule has 6 nitrogen and oxygen atoms in total. The third-order valence-electron chi connectivity index (χ3n) is 4.91. The number of likely N-dealkylation sites (tertiary alicyclic amines) is 1. The highest BCUT2D eigenvalue weighted by Crippen LogP contribution is 2.24. The number of methoxy groups -OCH3 is 2. The predicted molar refractivity (Wildman–Crippen MR) is 128 cm³/mol. The number of unbranched alkanes of at least 4 members (excludes halogenated alkanes) is 1. The molecule has 178 valence electrons. The monoisotopic (exact) mass is 558 g/mol. The summed E-state index contributed by atoms with van der Waals surface area (Å²) in [6.07, 6.45) is -3.34. The summed E-state index contributed by atoms with van der Waals surface area (Å²) in [6.45, 7) is 5.65. The summed E-state index contributed by atoms with van der Waals surface area (Å²) in [4.78, 5) is 6.77. The molecule has 0 bridgehead atoms. The minimum Gasteiger partial charge on any atom is -0.497 e. The Bertz CT molecular complexity index is 667. The first-order chi connectivity index (χ1) is 14.3. The van der Waals surface area contributed by atoms with Crippen LogP contribution in [-0.2, 0) is 6.54 Å². The van der Waals surface area contributed by atoms with Crippen LogP contribution in [0.4, 0.5) is 13.2 Å². The second kappa shape index (κ2) is 13.9. The zero-order valence-electron chi connectivity index (χ0n) is 18.4.